The molecule has 1 fully saturated rings. The fourth-order valence-electron chi connectivity index (χ4n) is 1.60. The molecular weight excluding hydrogens is 152 g/mol. The van der Waals surface area contributed by atoms with Crippen LogP contribution in [0.1, 0.15) is 40.5 Å². The molecule has 2 atom stereocenters. The van der Waals surface area contributed by atoms with Gasteiger partial charge in [0.1, 0.15) is 0 Å². The molecule has 1 saturated heterocycles. The summed E-state index contributed by atoms with van der Waals surface area (Å²) in [5.74, 6) is 0. The van der Waals surface area contributed by atoms with Gasteiger partial charge in [0.05, 0.1) is 18.3 Å². The quantitative estimate of drug-likeness (QED) is 0.655. The molecule has 1 aliphatic rings. The summed E-state index contributed by atoms with van der Waals surface area (Å²) < 4.78 is 5.81. The summed E-state index contributed by atoms with van der Waals surface area (Å²) in [5, 5.41) is 8.94. The second-order valence-corrected chi connectivity index (χ2v) is 4.94. The minimum atomic E-state index is -0.0552. The lowest BCUT2D eigenvalue weighted by Gasteiger charge is -2.38. The van der Waals surface area contributed by atoms with Crippen LogP contribution in [0.25, 0.3) is 0 Å². The van der Waals surface area contributed by atoms with Gasteiger partial charge in [0.2, 0.25) is 0 Å². The summed E-state index contributed by atoms with van der Waals surface area (Å²) in [6.45, 7) is 8.86. The van der Waals surface area contributed by atoms with Crippen molar-refractivity contribution in [1.82, 2.24) is 0 Å². The average Bonchev–Trinajstić information content (AvgIpc) is 2.31. The van der Waals surface area contributed by atoms with E-state index in [0.29, 0.717) is 0 Å². The van der Waals surface area contributed by atoms with Crippen LogP contribution < -0.4 is 0 Å². The van der Waals surface area contributed by atoms with Crippen LogP contribution in [-0.4, -0.2) is 23.4 Å². The SMILES string of the molecule is CC(C)(C)[C@@]1(C)CC[C@H](CO)O1. The maximum absolute atomic E-state index is 8.94. The lowest BCUT2D eigenvalue weighted by molar-refractivity contribution is -0.106. The Hall–Kier alpha value is -0.0800. The molecule has 0 unspecified atom stereocenters. The third-order valence-electron chi connectivity index (χ3n) is 3.16. The van der Waals surface area contributed by atoms with Crippen molar-refractivity contribution in [1.29, 1.82) is 0 Å². The Bertz CT molecular complexity index is 160. The van der Waals surface area contributed by atoms with Crippen molar-refractivity contribution >= 4 is 0 Å². The first-order valence-electron chi connectivity index (χ1n) is 4.68. The molecule has 2 heteroatoms. The minimum absolute atomic E-state index is 0.0552. The van der Waals surface area contributed by atoms with Crippen molar-refractivity contribution < 1.29 is 9.84 Å². The molecule has 2 nitrogen and oxygen atoms in total. The van der Waals surface area contributed by atoms with Gasteiger partial charge >= 0.3 is 0 Å². The molecule has 72 valence electrons. The van der Waals surface area contributed by atoms with Crippen molar-refractivity contribution in [2.75, 3.05) is 6.61 Å². The van der Waals surface area contributed by atoms with Gasteiger partial charge in [-0.15, -0.1) is 0 Å². The average molecular weight is 172 g/mol. The lowest BCUT2D eigenvalue weighted by Crippen LogP contribution is -2.40. The Morgan fingerprint density at radius 3 is 2.33 bits per heavy atom. The van der Waals surface area contributed by atoms with Gasteiger partial charge in [-0.25, -0.2) is 0 Å². The largest absolute Gasteiger partial charge is 0.394 e. The van der Waals surface area contributed by atoms with Crippen LogP contribution in [0.4, 0.5) is 0 Å². The second-order valence-electron chi connectivity index (χ2n) is 4.94. The van der Waals surface area contributed by atoms with Gasteiger partial charge in [0, 0.05) is 0 Å². The number of hydrogen-bond acceptors (Lipinski definition) is 2. The molecule has 1 heterocycles. The first-order valence-corrected chi connectivity index (χ1v) is 4.68. The molecule has 0 aromatic carbocycles. The van der Waals surface area contributed by atoms with E-state index in [1.807, 2.05) is 0 Å². The predicted molar refractivity (Wildman–Crippen MR) is 49.1 cm³/mol. The van der Waals surface area contributed by atoms with E-state index >= 15 is 0 Å². The van der Waals surface area contributed by atoms with E-state index in [1.54, 1.807) is 0 Å². The summed E-state index contributed by atoms with van der Waals surface area (Å²) in [7, 11) is 0. The van der Waals surface area contributed by atoms with E-state index in [-0.39, 0.29) is 23.7 Å². The van der Waals surface area contributed by atoms with Crippen LogP contribution in [0, 0.1) is 5.41 Å². The highest BCUT2D eigenvalue weighted by Crippen LogP contribution is 2.43. The van der Waals surface area contributed by atoms with Crippen LogP contribution in [0.2, 0.25) is 0 Å². The first-order chi connectivity index (χ1) is 5.39. The van der Waals surface area contributed by atoms with Gasteiger partial charge in [0.15, 0.2) is 0 Å². The van der Waals surface area contributed by atoms with Gasteiger partial charge < -0.3 is 9.84 Å². The van der Waals surface area contributed by atoms with E-state index in [1.165, 1.54) is 0 Å². The molecule has 0 bridgehead atoms. The molecule has 0 aromatic heterocycles. The fraction of sp³-hybridized carbons (Fsp3) is 1.00. The molecule has 0 radical (unpaired) electrons. The maximum atomic E-state index is 8.94. The fourth-order valence-corrected chi connectivity index (χ4v) is 1.60. The third kappa shape index (κ3) is 1.64. The standard InChI is InChI=1S/C10H20O2/c1-9(2,3)10(4)6-5-8(7-11)12-10/h8,11H,5-7H2,1-4H3/t8-,10-/m1/s1. The van der Waals surface area contributed by atoms with Crippen molar-refractivity contribution in [2.24, 2.45) is 5.41 Å². The number of hydrogen-bond donors (Lipinski definition) is 1. The van der Waals surface area contributed by atoms with Crippen LogP contribution in [0.3, 0.4) is 0 Å². The normalized spacial score (nSPS) is 37.2. The van der Waals surface area contributed by atoms with E-state index in [9.17, 15) is 0 Å². The molecular formula is C10H20O2. The van der Waals surface area contributed by atoms with E-state index < -0.39 is 0 Å². The Kier molecular flexibility index (Phi) is 2.50. The minimum Gasteiger partial charge on any atom is -0.394 e. The number of aliphatic hydroxyl groups is 1. The van der Waals surface area contributed by atoms with Crippen molar-refractivity contribution in [3.63, 3.8) is 0 Å². The van der Waals surface area contributed by atoms with Crippen molar-refractivity contribution in [2.45, 2.75) is 52.2 Å². The first kappa shape index (κ1) is 10.0. The van der Waals surface area contributed by atoms with Gasteiger partial charge in [-0.3, -0.25) is 0 Å². The Balaban J connectivity index is 2.64. The van der Waals surface area contributed by atoms with Crippen LogP contribution in [0.15, 0.2) is 0 Å². The number of aliphatic hydroxyl groups excluding tert-OH is 1. The zero-order valence-electron chi connectivity index (χ0n) is 8.55. The van der Waals surface area contributed by atoms with Gasteiger partial charge in [-0.2, -0.15) is 0 Å². The van der Waals surface area contributed by atoms with Crippen molar-refractivity contribution in [3.8, 4) is 0 Å². The second kappa shape index (κ2) is 3.00. The summed E-state index contributed by atoms with van der Waals surface area (Å²) in [6.07, 6.45) is 2.11. The Labute approximate surface area is 74.9 Å². The predicted octanol–water partition coefficient (Wildman–Crippen LogP) is 1.96. The molecule has 12 heavy (non-hydrogen) atoms. The summed E-state index contributed by atoms with van der Waals surface area (Å²) in [4.78, 5) is 0. The number of rotatable bonds is 1. The Morgan fingerprint density at radius 2 is 2.08 bits per heavy atom. The zero-order chi connectivity index (χ0) is 9.41. The van der Waals surface area contributed by atoms with Crippen LogP contribution in [-0.2, 0) is 4.74 Å². The van der Waals surface area contributed by atoms with Gasteiger partial charge in [-0.1, -0.05) is 20.8 Å². The number of ether oxygens (including phenoxy) is 1. The molecule has 1 N–H and O–H groups in total. The van der Waals surface area contributed by atoms with Gasteiger partial charge in [0.25, 0.3) is 0 Å². The lowest BCUT2D eigenvalue weighted by atomic mass is 9.76. The summed E-state index contributed by atoms with van der Waals surface area (Å²) in [5.41, 5.74) is 0.108. The van der Waals surface area contributed by atoms with E-state index in [2.05, 4.69) is 27.7 Å². The zero-order valence-corrected chi connectivity index (χ0v) is 8.55. The summed E-state index contributed by atoms with van der Waals surface area (Å²) in [6, 6.07) is 0. The molecule has 0 amide bonds. The van der Waals surface area contributed by atoms with Crippen LogP contribution >= 0.6 is 0 Å². The molecule has 1 aliphatic heterocycles. The van der Waals surface area contributed by atoms with Crippen molar-refractivity contribution in [3.05, 3.63) is 0 Å². The smallest absolute Gasteiger partial charge is 0.0814 e. The Morgan fingerprint density at radius 1 is 1.50 bits per heavy atom. The topological polar surface area (TPSA) is 29.5 Å². The molecule has 0 aliphatic carbocycles. The van der Waals surface area contributed by atoms with Crippen LogP contribution in [0.5, 0.6) is 0 Å². The highest BCUT2D eigenvalue weighted by molar-refractivity contribution is 4.93. The molecule has 0 aromatic rings. The van der Waals surface area contributed by atoms with Gasteiger partial charge in [-0.05, 0) is 25.2 Å². The molecule has 1 rings (SSSR count). The monoisotopic (exact) mass is 172 g/mol. The summed E-state index contributed by atoms with van der Waals surface area (Å²) >= 11 is 0. The van der Waals surface area contributed by atoms with E-state index in [4.69, 9.17) is 9.84 Å². The molecule has 0 spiro atoms. The maximum Gasteiger partial charge on any atom is 0.0814 e. The highest BCUT2D eigenvalue weighted by Gasteiger charge is 2.44. The highest BCUT2D eigenvalue weighted by atomic mass is 16.5. The van der Waals surface area contributed by atoms with E-state index in [0.717, 1.165) is 12.8 Å². The third-order valence-corrected chi connectivity index (χ3v) is 3.16. The molecule has 0 saturated carbocycles.